The number of aliphatic carboxylic acids is 1. The van der Waals surface area contributed by atoms with Crippen molar-refractivity contribution in [3.05, 3.63) is 36.7 Å². The average Bonchev–Trinajstić information content (AvgIpc) is 3.03. The molecule has 0 spiro atoms. The Hall–Kier alpha value is -1.57. The van der Waals surface area contributed by atoms with Crippen molar-refractivity contribution in [3.8, 4) is 11.1 Å². The first-order chi connectivity index (χ1) is 11.4. The third-order valence-corrected chi connectivity index (χ3v) is 6.34. The van der Waals surface area contributed by atoms with Gasteiger partial charge in [-0.2, -0.15) is 4.37 Å². The fraction of sp³-hybridized carbons (Fsp3) is 0.235. The van der Waals surface area contributed by atoms with Gasteiger partial charge in [0.1, 0.15) is 4.75 Å². The van der Waals surface area contributed by atoms with Gasteiger partial charge in [-0.05, 0) is 43.8 Å². The fourth-order valence-electron chi connectivity index (χ4n) is 2.24. The molecular formula is C17H16N2O2S3. The topological polar surface area (TPSA) is 63.1 Å². The molecule has 3 aromatic rings. The summed E-state index contributed by atoms with van der Waals surface area (Å²) in [5, 5.41) is 11.5. The van der Waals surface area contributed by atoms with Gasteiger partial charge in [-0.1, -0.05) is 12.1 Å². The first kappa shape index (κ1) is 17.3. The molecule has 2 heterocycles. The van der Waals surface area contributed by atoms with E-state index in [2.05, 4.69) is 9.36 Å². The lowest BCUT2D eigenvalue weighted by molar-refractivity contribution is -0.138. The quantitative estimate of drug-likeness (QED) is 0.630. The van der Waals surface area contributed by atoms with E-state index in [-0.39, 0.29) is 0 Å². The van der Waals surface area contributed by atoms with Crippen molar-refractivity contribution in [3.63, 3.8) is 0 Å². The molecule has 0 aliphatic heterocycles. The van der Waals surface area contributed by atoms with Crippen LogP contribution in [-0.2, 0) is 4.79 Å². The zero-order chi connectivity index (χ0) is 17.3. The van der Waals surface area contributed by atoms with E-state index in [4.69, 9.17) is 0 Å². The molecule has 24 heavy (non-hydrogen) atoms. The number of benzene rings is 1. The van der Waals surface area contributed by atoms with Crippen LogP contribution in [0.4, 0.5) is 0 Å². The molecule has 0 radical (unpaired) electrons. The molecule has 7 heteroatoms. The zero-order valence-electron chi connectivity index (χ0n) is 13.4. The molecule has 1 aromatic carbocycles. The predicted molar refractivity (Wildman–Crippen MR) is 102 cm³/mol. The first-order valence-corrected chi connectivity index (χ1v) is 10.0. The number of thioether (sulfide) groups is 2. The van der Waals surface area contributed by atoms with Crippen LogP contribution in [-0.4, -0.2) is 31.4 Å². The average molecular weight is 377 g/mol. The van der Waals surface area contributed by atoms with Gasteiger partial charge in [-0.15, -0.1) is 23.5 Å². The number of rotatable bonds is 5. The van der Waals surface area contributed by atoms with Gasteiger partial charge >= 0.3 is 5.97 Å². The highest BCUT2D eigenvalue weighted by Crippen LogP contribution is 2.43. The van der Waals surface area contributed by atoms with Gasteiger partial charge in [-0.3, -0.25) is 4.79 Å². The lowest BCUT2D eigenvalue weighted by Crippen LogP contribution is -2.26. The smallest absolute Gasteiger partial charge is 0.319 e. The number of hydrogen-bond acceptors (Lipinski definition) is 6. The van der Waals surface area contributed by atoms with E-state index in [9.17, 15) is 9.90 Å². The number of hydrogen-bond donors (Lipinski definition) is 1. The van der Waals surface area contributed by atoms with Gasteiger partial charge in [0.05, 0.1) is 9.73 Å². The molecule has 124 valence electrons. The molecule has 2 aromatic heterocycles. The highest BCUT2D eigenvalue weighted by Gasteiger charge is 2.30. The zero-order valence-corrected chi connectivity index (χ0v) is 15.9. The molecule has 0 saturated carbocycles. The molecule has 0 saturated heterocycles. The normalized spacial score (nSPS) is 11.8. The summed E-state index contributed by atoms with van der Waals surface area (Å²) in [6.45, 7) is 3.44. The lowest BCUT2D eigenvalue weighted by atomic mass is 10.1. The molecule has 0 bridgehead atoms. The predicted octanol–water partition coefficient (Wildman–Crippen LogP) is 5.04. The van der Waals surface area contributed by atoms with E-state index in [1.165, 1.54) is 23.3 Å². The maximum atomic E-state index is 11.5. The standard InChI is InChI=1S/C17H16N2O2S3/c1-17(2,16(20)21)23-12-6-4-11-9-19-24-15(11)14(12)10-5-7-13(22-3)18-8-10/h4-9H,1-3H3,(H,20,21). The third-order valence-electron chi connectivity index (χ3n) is 3.60. The number of carboxylic acids is 1. The summed E-state index contributed by atoms with van der Waals surface area (Å²) in [4.78, 5) is 16.9. The Morgan fingerprint density at radius 2 is 2.00 bits per heavy atom. The number of fused-ring (bicyclic) bond motifs is 1. The summed E-state index contributed by atoms with van der Waals surface area (Å²) < 4.78 is 4.42. The second-order valence-electron chi connectivity index (χ2n) is 5.69. The van der Waals surface area contributed by atoms with Crippen LogP contribution in [0.3, 0.4) is 0 Å². The molecule has 0 aliphatic rings. The summed E-state index contributed by atoms with van der Waals surface area (Å²) in [5.41, 5.74) is 1.99. The molecule has 0 unspecified atom stereocenters. The Kier molecular flexibility index (Phi) is 4.85. The highest BCUT2D eigenvalue weighted by atomic mass is 32.2. The molecule has 1 N–H and O–H groups in total. The van der Waals surface area contributed by atoms with Crippen molar-refractivity contribution in [2.75, 3.05) is 6.26 Å². The van der Waals surface area contributed by atoms with Crippen molar-refractivity contribution < 1.29 is 9.90 Å². The first-order valence-electron chi connectivity index (χ1n) is 7.22. The molecule has 3 rings (SSSR count). The van der Waals surface area contributed by atoms with Gasteiger partial charge in [0.2, 0.25) is 0 Å². The number of nitrogens with zero attached hydrogens (tertiary/aromatic N) is 2. The maximum absolute atomic E-state index is 11.5. The molecule has 0 amide bonds. The van der Waals surface area contributed by atoms with Crippen molar-refractivity contribution in [2.45, 2.75) is 28.5 Å². The minimum Gasteiger partial charge on any atom is -0.480 e. The minimum atomic E-state index is -0.917. The van der Waals surface area contributed by atoms with E-state index in [0.29, 0.717) is 0 Å². The van der Waals surface area contributed by atoms with Crippen LogP contribution in [0.1, 0.15) is 13.8 Å². The number of pyridine rings is 1. The SMILES string of the molecule is CSc1ccc(-c2c(SC(C)(C)C(=O)O)ccc3cnsc23)cn1. The number of carboxylic acid groups (broad SMARTS) is 1. The van der Waals surface area contributed by atoms with Gasteiger partial charge < -0.3 is 5.11 Å². The van der Waals surface area contributed by atoms with Gasteiger partial charge in [0.25, 0.3) is 0 Å². The summed E-state index contributed by atoms with van der Waals surface area (Å²) in [5.74, 6) is -0.835. The van der Waals surface area contributed by atoms with Crippen LogP contribution in [0.25, 0.3) is 21.2 Å². The summed E-state index contributed by atoms with van der Waals surface area (Å²) in [6.07, 6.45) is 5.67. The Bertz CT molecular complexity index is 888. The van der Waals surface area contributed by atoms with Crippen LogP contribution in [0.2, 0.25) is 0 Å². The Balaban J connectivity index is 2.17. The van der Waals surface area contributed by atoms with Crippen molar-refractivity contribution >= 4 is 51.1 Å². The molecular weight excluding hydrogens is 360 g/mol. The number of aromatic nitrogens is 2. The van der Waals surface area contributed by atoms with Gasteiger partial charge in [0.15, 0.2) is 0 Å². The summed E-state index contributed by atoms with van der Waals surface area (Å²) in [7, 11) is 0. The van der Waals surface area contributed by atoms with Crippen molar-refractivity contribution in [1.29, 1.82) is 0 Å². The Morgan fingerprint density at radius 1 is 1.21 bits per heavy atom. The summed E-state index contributed by atoms with van der Waals surface area (Å²) >= 11 is 4.37. The van der Waals surface area contributed by atoms with Crippen molar-refractivity contribution in [2.24, 2.45) is 0 Å². The van der Waals surface area contributed by atoms with Crippen LogP contribution in [0, 0.1) is 0 Å². The van der Waals surface area contributed by atoms with E-state index in [1.54, 1.807) is 25.6 Å². The summed E-state index contributed by atoms with van der Waals surface area (Å²) in [6, 6.07) is 7.98. The molecule has 4 nitrogen and oxygen atoms in total. The van der Waals surface area contributed by atoms with Crippen LogP contribution in [0.5, 0.6) is 0 Å². The Morgan fingerprint density at radius 3 is 2.62 bits per heavy atom. The van der Waals surface area contributed by atoms with E-state index in [0.717, 1.165) is 31.1 Å². The third kappa shape index (κ3) is 3.29. The van der Waals surface area contributed by atoms with Gasteiger partial charge in [0, 0.05) is 33.8 Å². The van der Waals surface area contributed by atoms with Gasteiger partial charge in [-0.25, -0.2) is 4.98 Å². The van der Waals surface area contributed by atoms with Crippen LogP contribution >= 0.6 is 35.1 Å². The second kappa shape index (κ2) is 6.74. The minimum absolute atomic E-state index is 0.835. The fourth-order valence-corrected chi connectivity index (χ4v) is 4.58. The second-order valence-corrected chi connectivity index (χ2v) is 8.98. The van der Waals surface area contributed by atoms with Crippen LogP contribution < -0.4 is 0 Å². The maximum Gasteiger partial charge on any atom is 0.319 e. The van der Waals surface area contributed by atoms with E-state index >= 15 is 0 Å². The molecule has 0 fully saturated rings. The lowest BCUT2D eigenvalue weighted by Gasteiger charge is -2.20. The van der Waals surface area contributed by atoms with E-state index < -0.39 is 10.7 Å². The largest absolute Gasteiger partial charge is 0.480 e. The van der Waals surface area contributed by atoms with Crippen molar-refractivity contribution in [1.82, 2.24) is 9.36 Å². The Labute approximate surface area is 152 Å². The molecule has 0 aliphatic carbocycles. The highest BCUT2D eigenvalue weighted by molar-refractivity contribution is 8.01. The van der Waals surface area contributed by atoms with Crippen LogP contribution in [0.15, 0.2) is 46.6 Å². The van der Waals surface area contributed by atoms with E-state index in [1.807, 2.05) is 42.9 Å². The number of carbonyl (C=O) groups is 1. The monoisotopic (exact) mass is 376 g/mol. The molecule has 0 atom stereocenters.